The molecule has 1 unspecified atom stereocenters. The Morgan fingerprint density at radius 2 is 1.84 bits per heavy atom. The highest BCUT2D eigenvalue weighted by Crippen LogP contribution is 2.40. The molecule has 0 spiro atoms. The van der Waals surface area contributed by atoms with Crippen LogP contribution in [0.25, 0.3) is 0 Å². The van der Waals surface area contributed by atoms with Crippen molar-refractivity contribution in [3.8, 4) is 0 Å². The molecule has 1 aliphatic heterocycles. The van der Waals surface area contributed by atoms with E-state index in [1.165, 1.54) is 0 Å². The normalized spacial score (nSPS) is 18.4. The van der Waals surface area contributed by atoms with E-state index < -0.39 is 0 Å². The van der Waals surface area contributed by atoms with Crippen molar-refractivity contribution < 1.29 is 9.53 Å². The van der Waals surface area contributed by atoms with E-state index in [0.717, 1.165) is 10.5 Å². The van der Waals surface area contributed by atoms with E-state index in [4.69, 9.17) is 16.3 Å². The first-order valence-electron chi connectivity index (χ1n) is 5.92. The number of carbonyl (C=O) groups excluding carboxylic acids is 1. The van der Waals surface area contributed by atoms with E-state index in [2.05, 4.69) is 0 Å². The molecule has 0 saturated heterocycles. The summed E-state index contributed by atoms with van der Waals surface area (Å²) < 4.78 is 5.33. The number of carbonyl (C=O) groups is 1. The van der Waals surface area contributed by atoms with Crippen LogP contribution in [0, 0.1) is 0 Å². The molecule has 0 bridgehead atoms. The Balaban J connectivity index is 1.94. The van der Waals surface area contributed by atoms with E-state index in [9.17, 15) is 4.79 Å². The molecule has 2 nitrogen and oxygen atoms in total. The zero-order valence-electron chi connectivity index (χ0n) is 10.0. The zero-order valence-corrected chi connectivity index (χ0v) is 11.6. The Kier molecular flexibility index (Phi) is 3.49. The van der Waals surface area contributed by atoms with Gasteiger partial charge >= 0.3 is 5.97 Å². The molecule has 0 radical (unpaired) electrons. The van der Waals surface area contributed by atoms with E-state index in [1.54, 1.807) is 17.8 Å². The van der Waals surface area contributed by atoms with E-state index >= 15 is 0 Å². The molecule has 1 aliphatic rings. The number of fused-ring (bicyclic) bond motifs is 1. The molecule has 0 aromatic heterocycles. The van der Waals surface area contributed by atoms with E-state index in [1.807, 2.05) is 42.5 Å². The van der Waals surface area contributed by atoms with Crippen LogP contribution in [0.1, 0.15) is 21.2 Å². The summed E-state index contributed by atoms with van der Waals surface area (Å²) in [4.78, 5) is 12.8. The van der Waals surface area contributed by atoms with Crippen molar-refractivity contribution in [1.82, 2.24) is 0 Å². The molecule has 3 rings (SSSR count). The largest absolute Gasteiger partial charge is 0.461 e. The second-order valence-corrected chi connectivity index (χ2v) is 5.93. The molecule has 0 N–H and O–H groups in total. The number of ether oxygens (including phenoxy) is 1. The Hall–Kier alpha value is -1.45. The van der Waals surface area contributed by atoms with Crippen LogP contribution in [0.3, 0.4) is 0 Å². The maximum Gasteiger partial charge on any atom is 0.339 e. The third kappa shape index (κ3) is 2.62. The van der Waals surface area contributed by atoms with Gasteiger partial charge in [-0.25, -0.2) is 4.79 Å². The summed E-state index contributed by atoms with van der Waals surface area (Å²) in [5.41, 5.74) is 1.75. The Labute approximate surface area is 120 Å². The fourth-order valence-electron chi connectivity index (χ4n) is 2.00. The number of rotatable bonds is 1. The third-order valence-corrected chi connectivity index (χ3v) is 4.54. The number of esters is 1. The highest BCUT2D eigenvalue weighted by atomic mass is 35.5. The lowest BCUT2D eigenvalue weighted by atomic mass is 10.1. The first-order chi connectivity index (χ1) is 9.24. The van der Waals surface area contributed by atoms with Gasteiger partial charge in [-0.2, -0.15) is 0 Å². The van der Waals surface area contributed by atoms with Crippen LogP contribution in [-0.4, -0.2) is 12.6 Å². The van der Waals surface area contributed by atoms with Gasteiger partial charge < -0.3 is 4.74 Å². The molecule has 1 heterocycles. The molecule has 2 aromatic rings. The minimum atomic E-state index is -0.250. The summed E-state index contributed by atoms with van der Waals surface area (Å²) >= 11 is 7.55. The van der Waals surface area contributed by atoms with Crippen molar-refractivity contribution >= 4 is 29.3 Å². The molecule has 96 valence electrons. The average Bonchev–Trinajstić information content (AvgIpc) is 2.60. The molecule has 0 fully saturated rings. The second kappa shape index (κ2) is 5.27. The third-order valence-electron chi connectivity index (χ3n) is 2.98. The fourth-order valence-corrected chi connectivity index (χ4v) is 3.29. The maximum absolute atomic E-state index is 11.9. The number of thioether (sulfide) groups is 1. The summed E-state index contributed by atoms with van der Waals surface area (Å²) in [5, 5.41) is 0.810. The molecule has 19 heavy (non-hydrogen) atoms. The Bertz CT molecular complexity index is 610. The lowest BCUT2D eigenvalue weighted by Gasteiger charge is -2.13. The van der Waals surface area contributed by atoms with E-state index in [-0.39, 0.29) is 11.2 Å². The van der Waals surface area contributed by atoms with Gasteiger partial charge in [0.05, 0.1) is 10.8 Å². The van der Waals surface area contributed by atoms with Crippen LogP contribution in [0.15, 0.2) is 53.4 Å². The average molecular weight is 291 g/mol. The molecular formula is C15H11ClO2S. The highest BCUT2D eigenvalue weighted by molar-refractivity contribution is 7.99. The molecule has 1 atom stereocenters. The zero-order chi connectivity index (χ0) is 13.2. The molecule has 4 heteroatoms. The molecular weight excluding hydrogens is 280 g/mol. The number of cyclic esters (lactones) is 1. The summed E-state index contributed by atoms with van der Waals surface area (Å²) in [5.74, 6) is -0.250. The smallest absolute Gasteiger partial charge is 0.339 e. The van der Waals surface area contributed by atoms with Crippen LogP contribution in [0.2, 0.25) is 5.02 Å². The van der Waals surface area contributed by atoms with Crippen LogP contribution in [0.5, 0.6) is 0 Å². The predicted molar refractivity (Wildman–Crippen MR) is 76.8 cm³/mol. The van der Waals surface area contributed by atoms with Crippen molar-refractivity contribution in [3.05, 3.63) is 64.7 Å². The fraction of sp³-hybridized carbons (Fsp3) is 0.133. The summed E-state index contributed by atoms with van der Waals surface area (Å²) in [6, 6.07) is 15.2. The van der Waals surface area contributed by atoms with Crippen LogP contribution in [0.4, 0.5) is 0 Å². The topological polar surface area (TPSA) is 26.3 Å². The van der Waals surface area contributed by atoms with Crippen molar-refractivity contribution in [1.29, 1.82) is 0 Å². The van der Waals surface area contributed by atoms with Crippen molar-refractivity contribution in [3.63, 3.8) is 0 Å². The summed E-state index contributed by atoms with van der Waals surface area (Å²) in [6.07, 6.45) is 0. The molecule has 0 amide bonds. The molecule has 2 aromatic carbocycles. The maximum atomic E-state index is 11.9. The number of hydrogen-bond donors (Lipinski definition) is 0. The summed E-state index contributed by atoms with van der Waals surface area (Å²) in [6.45, 7) is 0.375. The second-order valence-electron chi connectivity index (χ2n) is 4.25. The number of benzene rings is 2. The van der Waals surface area contributed by atoms with Gasteiger partial charge in [0.2, 0.25) is 0 Å². The number of halogens is 1. The SMILES string of the molecule is O=C1OCC(c2ccc(Cl)cc2)Sc2ccccc21. The van der Waals surface area contributed by atoms with Crippen LogP contribution in [-0.2, 0) is 4.74 Å². The number of hydrogen-bond acceptors (Lipinski definition) is 3. The highest BCUT2D eigenvalue weighted by Gasteiger charge is 2.24. The minimum absolute atomic E-state index is 0.102. The minimum Gasteiger partial charge on any atom is -0.461 e. The van der Waals surface area contributed by atoms with Crippen LogP contribution >= 0.6 is 23.4 Å². The van der Waals surface area contributed by atoms with Gasteiger partial charge in [-0.05, 0) is 29.8 Å². The first kappa shape index (κ1) is 12.6. The van der Waals surface area contributed by atoms with Crippen molar-refractivity contribution in [2.75, 3.05) is 6.61 Å². The van der Waals surface area contributed by atoms with Gasteiger partial charge in [0.25, 0.3) is 0 Å². The van der Waals surface area contributed by atoms with E-state index in [0.29, 0.717) is 17.2 Å². The van der Waals surface area contributed by atoms with Gasteiger partial charge in [-0.1, -0.05) is 35.9 Å². The van der Waals surface area contributed by atoms with Gasteiger partial charge in [0, 0.05) is 9.92 Å². The molecule has 0 saturated carbocycles. The van der Waals surface area contributed by atoms with Gasteiger partial charge in [-0.3, -0.25) is 0 Å². The lowest BCUT2D eigenvalue weighted by Crippen LogP contribution is -2.07. The standard InChI is InChI=1S/C15H11ClO2S/c16-11-7-5-10(6-8-11)14-9-18-15(17)12-3-1-2-4-13(12)19-14/h1-8,14H,9H2. The molecule has 0 aliphatic carbocycles. The van der Waals surface area contributed by atoms with Crippen molar-refractivity contribution in [2.45, 2.75) is 10.1 Å². The van der Waals surface area contributed by atoms with Gasteiger partial charge in [0.15, 0.2) is 0 Å². The predicted octanol–water partition coefficient (Wildman–Crippen LogP) is 4.34. The Morgan fingerprint density at radius 3 is 2.63 bits per heavy atom. The van der Waals surface area contributed by atoms with Gasteiger partial charge in [0.1, 0.15) is 6.61 Å². The monoisotopic (exact) mass is 290 g/mol. The van der Waals surface area contributed by atoms with Gasteiger partial charge in [-0.15, -0.1) is 11.8 Å². The first-order valence-corrected chi connectivity index (χ1v) is 7.18. The quantitative estimate of drug-likeness (QED) is 0.731. The van der Waals surface area contributed by atoms with Crippen molar-refractivity contribution in [2.24, 2.45) is 0 Å². The lowest BCUT2D eigenvalue weighted by molar-refractivity contribution is 0.0507. The Morgan fingerprint density at radius 1 is 1.11 bits per heavy atom. The summed E-state index contributed by atoms with van der Waals surface area (Å²) in [7, 11) is 0. The van der Waals surface area contributed by atoms with Crippen LogP contribution < -0.4 is 0 Å².